The third-order valence-corrected chi connectivity index (χ3v) is 3.16. The van der Waals surface area contributed by atoms with Crippen molar-refractivity contribution in [2.24, 2.45) is 0 Å². The summed E-state index contributed by atoms with van der Waals surface area (Å²) < 4.78 is 7.44. The van der Waals surface area contributed by atoms with Gasteiger partial charge in [-0.1, -0.05) is 0 Å². The van der Waals surface area contributed by atoms with Gasteiger partial charge in [-0.15, -0.1) is 0 Å². The standard InChI is InChI=1S/C15H19NO2/c1-12(17)5-3-4-9-16-10-8-13-11-14(18-2)6-7-15(13)16/h6-8,10-11H,3-5,9H2,1-2H3. The quantitative estimate of drug-likeness (QED) is 0.730. The number of carbonyl (C=O) groups is 1. The highest BCUT2D eigenvalue weighted by atomic mass is 16.5. The van der Waals surface area contributed by atoms with Gasteiger partial charge in [-0.05, 0) is 44.0 Å². The molecular formula is C15H19NO2. The van der Waals surface area contributed by atoms with Crippen molar-refractivity contribution in [1.82, 2.24) is 4.57 Å². The van der Waals surface area contributed by atoms with E-state index in [2.05, 4.69) is 22.9 Å². The van der Waals surface area contributed by atoms with Crippen molar-refractivity contribution in [3.63, 3.8) is 0 Å². The zero-order valence-electron chi connectivity index (χ0n) is 11.0. The Balaban J connectivity index is 2.03. The van der Waals surface area contributed by atoms with E-state index in [9.17, 15) is 4.79 Å². The van der Waals surface area contributed by atoms with Gasteiger partial charge < -0.3 is 14.1 Å². The Hall–Kier alpha value is -1.77. The number of Topliss-reactive ketones (excluding diaryl/α,β-unsaturated/α-hetero) is 1. The number of carbonyl (C=O) groups excluding carboxylic acids is 1. The number of fused-ring (bicyclic) bond motifs is 1. The second-order valence-electron chi connectivity index (χ2n) is 4.59. The lowest BCUT2D eigenvalue weighted by atomic mass is 10.2. The second kappa shape index (κ2) is 5.71. The molecule has 96 valence electrons. The largest absolute Gasteiger partial charge is 0.497 e. The average molecular weight is 245 g/mol. The summed E-state index contributed by atoms with van der Waals surface area (Å²) in [5.41, 5.74) is 1.22. The Bertz CT molecular complexity index is 542. The van der Waals surface area contributed by atoms with E-state index in [0.29, 0.717) is 6.42 Å². The molecule has 18 heavy (non-hydrogen) atoms. The molecule has 0 aliphatic rings. The van der Waals surface area contributed by atoms with Crippen molar-refractivity contribution in [2.75, 3.05) is 7.11 Å². The molecule has 0 fully saturated rings. The van der Waals surface area contributed by atoms with Gasteiger partial charge in [0.15, 0.2) is 0 Å². The highest BCUT2D eigenvalue weighted by molar-refractivity contribution is 5.81. The highest BCUT2D eigenvalue weighted by Crippen LogP contribution is 2.22. The van der Waals surface area contributed by atoms with Crippen molar-refractivity contribution < 1.29 is 9.53 Å². The lowest BCUT2D eigenvalue weighted by Gasteiger charge is -2.05. The molecule has 2 aromatic rings. The monoisotopic (exact) mass is 245 g/mol. The summed E-state index contributed by atoms with van der Waals surface area (Å²) >= 11 is 0. The molecule has 0 amide bonds. The summed E-state index contributed by atoms with van der Waals surface area (Å²) in [5.74, 6) is 1.16. The highest BCUT2D eigenvalue weighted by Gasteiger charge is 2.02. The van der Waals surface area contributed by atoms with E-state index in [4.69, 9.17) is 4.74 Å². The molecule has 3 nitrogen and oxygen atoms in total. The summed E-state index contributed by atoms with van der Waals surface area (Å²) in [5, 5.41) is 1.20. The molecule has 1 aromatic carbocycles. The summed E-state index contributed by atoms with van der Waals surface area (Å²) in [6.07, 6.45) is 4.78. The van der Waals surface area contributed by atoms with Gasteiger partial charge in [0.1, 0.15) is 11.5 Å². The molecule has 1 heterocycles. The van der Waals surface area contributed by atoms with Crippen LogP contribution in [0, 0.1) is 0 Å². The van der Waals surface area contributed by atoms with Crippen molar-refractivity contribution in [3.8, 4) is 5.75 Å². The van der Waals surface area contributed by atoms with Gasteiger partial charge in [-0.25, -0.2) is 0 Å². The van der Waals surface area contributed by atoms with Crippen LogP contribution in [-0.2, 0) is 11.3 Å². The Labute approximate surface area is 107 Å². The van der Waals surface area contributed by atoms with Crippen molar-refractivity contribution in [1.29, 1.82) is 0 Å². The number of aryl methyl sites for hydroxylation is 1. The number of rotatable bonds is 6. The number of benzene rings is 1. The van der Waals surface area contributed by atoms with Gasteiger partial charge in [0, 0.05) is 30.1 Å². The first-order valence-electron chi connectivity index (χ1n) is 6.33. The van der Waals surface area contributed by atoms with Gasteiger partial charge in [0.05, 0.1) is 7.11 Å². The molecule has 1 aromatic heterocycles. The van der Waals surface area contributed by atoms with Crippen LogP contribution in [0.3, 0.4) is 0 Å². The van der Waals surface area contributed by atoms with E-state index in [0.717, 1.165) is 25.1 Å². The molecule has 0 atom stereocenters. The van der Waals surface area contributed by atoms with Crippen molar-refractivity contribution in [2.45, 2.75) is 32.7 Å². The molecule has 0 aliphatic carbocycles. The second-order valence-corrected chi connectivity index (χ2v) is 4.59. The van der Waals surface area contributed by atoms with Gasteiger partial charge in [-0.3, -0.25) is 0 Å². The van der Waals surface area contributed by atoms with Crippen LogP contribution in [0.25, 0.3) is 10.9 Å². The van der Waals surface area contributed by atoms with E-state index >= 15 is 0 Å². The average Bonchev–Trinajstić information content (AvgIpc) is 2.76. The molecule has 0 bridgehead atoms. The number of aromatic nitrogens is 1. The number of hydrogen-bond acceptors (Lipinski definition) is 2. The fourth-order valence-electron chi connectivity index (χ4n) is 2.16. The van der Waals surface area contributed by atoms with Crippen LogP contribution in [0.4, 0.5) is 0 Å². The zero-order chi connectivity index (χ0) is 13.0. The predicted octanol–water partition coefficient (Wildman–Crippen LogP) is 3.41. The van der Waals surface area contributed by atoms with E-state index in [-0.39, 0.29) is 5.78 Å². The predicted molar refractivity (Wildman–Crippen MR) is 73.0 cm³/mol. The van der Waals surface area contributed by atoms with Crippen LogP contribution in [0.5, 0.6) is 5.75 Å². The van der Waals surface area contributed by atoms with Crippen LogP contribution < -0.4 is 4.74 Å². The molecule has 0 saturated carbocycles. The number of ketones is 1. The number of methoxy groups -OCH3 is 1. The van der Waals surface area contributed by atoms with Crippen molar-refractivity contribution >= 4 is 16.7 Å². The smallest absolute Gasteiger partial charge is 0.129 e. The maximum absolute atomic E-state index is 10.9. The van der Waals surface area contributed by atoms with Crippen LogP contribution >= 0.6 is 0 Å². The van der Waals surface area contributed by atoms with E-state index in [1.165, 1.54) is 10.9 Å². The maximum Gasteiger partial charge on any atom is 0.129 e. The van der Waals surface area contributed by atoms with E-state index in [1.807, 2.05) is 12.1 Å². The number of ether oxygens (including phenoxy) is 1. The van der Waals surface area contributed by atoms with E-state index < -0.39 is 0 Å². The Kier molecular flexibility index (Phi) is 4.03. The molecule has 0 aliphatic heterocycles. The first-order chi connectivity index (χ1) is 8.70. The normalized spacial score (nSPS) is 10.8. The molecule has 0 radical (unpaired) electrons. The van der Waals surface area contributed by atoms with Gasteiger partial charge in [-0.2, -0.15) is 0 Å². The van der Waals surface area contributed by atoms with Gasteiger partial charge in [0.2, 0.25) is 0 Å². The minimum Gasteiger partial charge on any atom is -0.497 e. The summed E-state index contributed by atoms with van der Waals surface area (Å²) in [7, 11) is 1.68. The third-order valence-electron chi connectivity index (χ3n) is 3.16. The topological polar surface area (TPSA) is 31.2 Å². The summed E-state index contributed by atoms with van der Waals surface area (Å²) in [6, 6.07) is 8.21. The number of nitrogens with zero attached hydrogens (tertiary/aromatic N) is 1. The minimum atomic E-state index is 0.275. The first-order valence-corrected chi connectivity index (χ1v) is 6.33. The van der Waals surface area contributed by atoms with Crippen LogP contribution in [0.1, 0.15) is 26.2 Å². The Morgan fingerprint density at radius 1 is 1.28 bits per heavy atom. The molecular weight excluding hydrogens is 226 g/mol. The van der Waals surface area contributed by atoms with Crippen molar-refractivity contribution in [3.05, 3.63) is 30.5 Å². The SMILES string of the molecule is COc1ccc2c(ccn2CCCCC(C)=O)c1. The maximum atomic E-state index is 10.9. The van der Waals surface area contributed by atoms with Gasteiger partial charge >= 0.3 is 0 Å². The Morgan fingerprint density at radius 3 is 2.83 bits per heavy atom. The van der Waals surface area contributed by atoms with E-state index in [1.54, 1.807) is 14.0 Å². The van der Waals surface area contributed by atoms with Gasteiger partial charge in [0.25, 0.3) is 0 Å². The summed E-state index contributed by atoms with van der Waals surface area (Å²) in [4.78, 5) is 10.9. The fraction of sp³-hybridized carbons (Fsp3) is 0.400. The molecule has 2 rings (SSSR count). The van der Waals surface area contributed by atoms with Crippen LogP contribution in [0.15, 0.2) is 30.5 Å². The molecule has 0 unspecified atom stereocenters. The number of hydrogen-bond donors (Lipinski definition) is 0. The molecule has 0 saturated heterocycles. The molecule has 0 spiro atoms. The number of unbranched alkanes of at least 4 members (excludes halogenated alkanes) is 1. The first kappa shape index (κ1) is 12.7. The third kappa shape index (κ3) is 2.92. The van der Waals surface area contributed by atoms with Crippen LogP contribution in [-0.4, -0.2) is 17.5 Å². The fourth-order valence-corrected chi connectivity index (χ4v) is 2.16. The molecule has 3 heteroatoms. The minimum absolute atomic E-state index is 0.275. The Morgan fingerprint density at radius 2 is 2.11 bits per heavy atom. The molecule has 0 N–H and O–H groups in total. The van der Waals surface area contributed by atoms with Crippen LogP contribution in [0.2, 0.25) is 0 Å². The zero-order valence-corrected chi connectivity index (χ0v) is 11.0. The lowest BCUT2D eigenvalue weighted by Crippen LogP contribution is -1.97. The summed E-state index contributed by atoms with van der Waals surface area (Å²) in [6.45, 7) is 2.61. The lowest BCUT2D eigenvalue weighted by molar-refractivity contribution is -0.117.